The van der Waals surface area contributed by atoms with Gasteiger partial charge in [-0.25, -0.2) is 4.98 Å². The second kappa shape index (κ2) is 12.1. The van der Waals surface area contributed by atoms with Crippen molar-refractivity contribution < 1.29 is 4.74 Å². The summed E-state index contributed by atoms with van der Waals surface area (Å²) >= 11 is 5.77. The summed E-state index contributed by atoms with van der Waals surface area (Å²) in [4.78, 5) is 4.86. The van der Waals surface area contributed by atoms with Crippen LogP contribution in [0.15, 0.2) is 61.2 Å². The summed E-state index contributed by atoms with van der Waals surface area (Å²) in [6.07, 6.45) is 8.49. The molecule has 0 aliphatic heterocycles. The fourth-order valence-electron chi connectivity index (χ4n) is 2.83. The summed E-state index contributed by atoms with van der Waals surface area (Å²) in [6.45, 7) is 15.1. The number of aryl methyl sites for hydroxylation is 1. The van der Waals surface area contributed by atoms with Crippen LogP contribution in [0.1, 0.15) is 37.9 Å². The number of rotatable bonds is 7. The summed E-state index contributed by atoms with van der Waals surface area (Å²) in [7, 11) is 1.69. The predicted octanol–water partition coefficient (Wildman–Crippen LogP) is 7.01. The average molecular weight is 397 g/mol. The Balaban J connectivity index is 0.00000190. The van der Waals surface area contributed by atoms with Gasteiger partial charge < -0.3 is 9.30 Å². The molecule has 0 saturated carbocycles. The van der Waals surface area contributed by atoms with Gasteiger partial charge in [0.1, 0.15) is 16.2 Å². The van der Waals surface area contributed by atoms with Crippen LogP contribution in [0.4, 0.5) is 0 Å². The largest absolute Gasteiger partial charge is 0.496 e. The van der Waals surface area contributed by atoms with Crippen LogP contribution >= 0.6 is 12.2 Å². The number of para-hydroxylation sites is 1. The van der Waals surface area contributed by atoms with Crippen LogP contribution in [0.5, 0.6) is 5.75 Å². The van der Waals surface area contributed by atoms with E-state index in [9.17, 15) is 0 Å². The lowest BCUT2D eigenvalue weighted by Gasteiger charge is -2.18. The van der Waals surface area contributed by atoms with E-state index in [4.69, 9.17) is 21.9 Å². The summed E-state index contributed by atoms with van der Waals surface area (Å²) < 4.78 is 8.53. The van der Waals surface area contributed by atoms with Crippen LogP contribution < -0.4 is 4.74 Å². The van der Waals surface area contributed by atoms with E-state index < -0.39 is 0 Å². The first-order chi connectivity index (χ1) is 13.5. The maximum atomic E-state index is 5.77. The van der Waals surface area contributed by atoms with Gasteiger partial charge in [0, 0.05) is 17.8 Å². The standard InChI is InChI=1S/C22H28N2OS.C2H4/c1-6-8-11-18(7-2)14-15-24-21(23-17(4)16(3)22(24)26)19-12-9-10-13-20(19)25-5;1-2/h7-13H,6,14-15H2,1-5H3;1-2H2/b11-8-,18-7+;. The van der Waals surface area contributed by atoms with Gasteiger partial charge in [-0.05, 0) is 45.7 Å². The number of nitrogens with zero attached hydrogens (tertiary/aromatic N) is 2. The molecule has 3 nitrogen and oxygen atoms in total. The van der Waals surface area contributed by atoms with Crippen molar-refractivity contribution in [1.29, 1.82) is 0 Å². The number of ether oxygens (including phenoxy) is 1. The van der Waals surface area contributed by atoms with Gasteiger partial charge in [-0.2, -0.15) is 0 Å². The zero-order valence-corrected chi connectivity index (χ0v) is 18.6. The van der Waals surface area contributed by atoms with Gasteiger partial charge in [0.25, 0.3) is 0 Å². The first kappa shape index (κ1) is 23.6. The van der Waals surface area contributed by atoms with Crippen molar-refractivity contribution in [3.63, 3.8) is 0 Å². The molecule has 0 amide bonds. The Morgan fingerprint density at radius 3 is 2.54 bits per heavy atom. The molecule has 2 rings (SSSR count). The van der Waals surface area contributed by atoms with Gasteiger partial charge in [0.2, 0.25) is 0 Å². The van der Waals surface area contributed by atoms with Crippen molar-refractivity contribution in [2.75, 3.05) is 7.11 Å². The van der Waals surface area contributed by atoms with Gasteiger partial charge in [-0.3, -0.25) is 0 Å². The minimum absolute atomic E-state index is 0.786. The molecular formula is C24H32N2OS. The van der Waals surface area contributed by atoms with E-state index >= 15 is 0 Å². The van der Waals surface area contributed by atoms with Gasteiger partial charge in [0.05, 0.1) is 12.7 Å². The lowest BCUT2D eigenvalue weighted by atomic mass is 10.1. The molecule has 1 heterocycles. The van der Waals surface area contributed by atoms with Crippen LogP contribution in [0.3, 0.4) is 0 Å². The molecule has 0 aliphatic carbocycles. The smallest absolute Gasteiger partial charge is 0.144 e. The van der Waals surface area contributed by atoms with E-state index in [1.54, 1.807) is 7.11 Å². The molecule has 0 unspecified atom stereocenters. The molecule has 0 bridgehead atoms. The highest BCUT2D eigenvalue weighted by molar-refractivity contribution is 7.71. The second-order valence-corrected chi connectivity index (χ2v) is 6.61. The number of hydrogen-bond donors (Lipinski definition) is 0. The van der Waals surface area contributed by atoms with Crippen molar-refractivity contribution in [1.82, 2.24) is 9.55 Å². The molecule has 0 radical (unpaired) electrons. The van der Waals surface area contributed by atoms with Crippen molar-refractivity contribution >= 4 is 12.2 Å². The Morgan fingerprint density at radius 1 is 1.25 bits per heavy atom. The SMILES string of the molecule is C/C=C(\C=C/CC)CCn1c(-c2ccccc2OC)nc(C)c(C)c1=S.C=C. The zero-order chi connectivity index (χ0) is 21.1. The Hall–Kier alpha value is -2.46. The van der Waals surface area contributed by atoms with Crippen molar-refractivity contribution in [2.24, 2.45) is 0 Å². The molecule has 150 valence electrons. The minimum Gasteiger partial charge on any atom is -0.496 e. The van der Waals surface area contributed by atoms with E-state index in [1.807, 2.05) is 38.1 Å². The first-order valence-corrected chi connectivity index (χ1v) is 9.97. The summed E-state index contributed by atoms with van der Waals surface area (Å²) in [6, 6.07) is 7.97. The van der Waals surface area contributed by atoms with Crippen LogP contribution in [-0.4, -0.2) is 16.7 Å². The third-order valence-electron chi connectivity index (χ3n) is 4.55. The number of benzene rings is 1. The minimum atomic E-state index is 0.786. The Kier molecular flexibility index (Phi) is 10.2. The maximum Gasteiger partial charge on any atom is 0.144 e. The fraction of sp³-hybridized carbons (Fsp3) is 0.333. The van der Waals surface area contributed by atoms with Gasteiger partial charge >= 0.3 is 0 Å². The Labute approximate surface area is 175 Å². The topological polar surface area (TPSA) is 27.1 Å². The third kappa shape index (κ3) is 5.77. The predicted molar refractivity (Wildman–Crippen MR) is 124 cm³/mol. The van der Waals surface area contributed by atoms with E-state index in [-0.39, 0.29) is 0 Å². The number of allylic oxidation sites excluding steroid dienone is 4. The monoisotopic (exact) mass is 396 g/mol. The summed E-state index contributed by atoms with van der Waals surface area (Å²) in [5, 5.41) is 0. The molecule has 0 fully saturated rings. The number of aromatic nitrogens is 2. The van der Waals surface area contributed by atoms with Crippen LogP contribution in [-0.2, 0) is 6.54 Å². The zero-order valence-electron chi connectivity index (χ0n) is 17.8. The van der Waals surface area contributed by atoms with Gasteiger partial charge in [-0.1, -0.05) is 55.1 Å². The molecule has 0 spiro atoms. The number of hydrogen-bond acceptors (Lipinski definition) is 3. The fourth-order valence-corrected chi connectivity index (χ4v) is 3.16. The van der Waals surface area contributed by atoms with E-state index in [0.717, 1.165) is 52.4 Å². The molecule has 4 heteroatoms. The molecule has 0 atom stereocenters. The molecule has 2 aromatic rings. The summed E-state index contributed by atoms with van der Waals surface area (Å²) in [5.41, 5.74) is 4.29. The number of methoxy groups -OCH3 is 1. The molecule has 0 N–H and O–H groups in total. The highest BCUT2D eigenvalue weighted by Gasteiger charge is 2.14. The van der Waals surface area contributed by atoms with Crippen molar-refractivity contribution in [3.05, 3.63) is 77.1 Å². The highest BCUT2D eigenvalue weighted by Crippen LogP contribution is 2.30. The Bertz CT molecular complexity index is 894. The van der Waals surface area contributed by atoms with Crippen LogP contribution in [0, 0.1) is 18.5 Å². The van der Waals surface area contributed by atoms with Gasteiger partial charge in [0.15, 0.2) is 0 Å². The molecule has 28 heavy (non-hydrogen) atoms. The summed E-state index contributed by atoms with van der Waals surface area (Å²) in [5.74, 6) is 1.68. The second-order valence-electron chi connectivity index (χ2n) is 6.23. The maximum absolute atomic E-state index is 5.77. The van der Waals surface area contributed by atoms with E-state index in [0.29, 0.717) is 0 Å². The lowest BCUT2D eigenvalue weighted by Crippen LogP contribution is -2.11. The first-order valence-electron chi connectivity index (χ1n) is 9.56. The van der Waals surface area contributed by atoms with Crippen LogP contribution in [0.25, 0.3) is 11.4 Å². The van der Waals surface area contributed by atoms with E-state index in [1.165, 1.54) is 5.57 Å². The average Bonchev–Trinajstić information content (AvgIpc) is 2.74. The molecule has 1 aromatic carbocycles. The molecule has 1 aromatic heterocycles. The normalized spacial score (nSPS) is 11.2. The molecule has 0 aliphatic rings. The molecular weight excluding hydrogens is 364 g/mol. The van der Waals surface area contributed by atoms with E-state index in [2.05, 4.69) is 49.8 Å². The van der Waals surface area contributed by atoms with Crippen molar-refractivity contribution in [2.45, 2.75) is 47.1 Å². The van der Waals surface area contributed by atoms with Crippen LogP contribution in [0.2, 0.25) is 0 Å². The Morgan fingerprint density at radius 2 is 1.93 bits per heavy atom. The van der Waals surface area contributed by atoms with Gasteiger partial charge in [-0.15, -0.1) is 13.2 Å². The molecule has 0 saturated heterocycles. The lowest BCUT2D eigenvalue weighted by molar-refractivity contribution is 0.415. The third-order valence-corrected chi connectivity index (χ3v) is 5.07. The quantitative estimate of drug-likeness (QED) is 0.286. The highest BCUT2D eigenvalue weighted by atomic mass is 32.1. The van der Waals surface area contributed by atoms with Crippen molar-refractivity contribution in [3.8, 4) is 17.1 Å².